The molecule has 146 valence electrons. The Bertz CT molecular complexity index is 1160. The van der Waals surface area contributed by atoms with E-state index in [9.17, 15) is 10.1 Å². The number of thioether (sulfide) groups is 1. The normalized spacial score (nSPS) is 10.8. The Morgan fingerprint density at radius 1 is 1.17 bits per heavy atom. The number of anilines is 1. The van der Waals surface area contributed by atoms with Gasteiger partial charge in [-0.25, -0.2) is 4.98 Å². The highest BCUT2D eigenvalue weighted by Crippen LogP contribution is 2.41. The van der Waals surface area contributed by atoms with Gasteiger partial charge in [0.1, 0.15) is 23.2 Å². The zero-order valence-corrected chi connectivity index (χ0v) is 16.3. The molecule has 29 heavy (non-hydrogen) atoms. The van der Waals surface area contributed by atoms with Crippen LogP contribution in [0.5, 0.6) is 0 Å². The molecule has 0 saturated carbocycles. The Hall–Kier alpha value is -3.64. The van der Waals surface area contributed by atoms with Crippen LogP contribution in [0.4, 0.5) is 5.88 Å². The monoisotopic (exact) mass is 409 g/mol. The quantitative estimate of drug-likeness (QED) is 0.442. The number of nitriles is 1. The SMILES string of the molecule is Cc1nc(SCC(=O)Nc2oc(-c3ccco3)c(-c3ccco3)c2C#N)oc1C. The van der Waals surface area contributed by atoms with Gasteiger partial charge in [-0.15, -0.1) is 0 Å². The first-order valence-electron chi connectivity index (χ1n) is 8.58. The maximum absolute atomic E-state index is 12.4. The largest absolute Gasteiger partial charge is 0.464 e. The molecule has 0 bridgehead atoms. The van der Waals surface area contributed by atoms with Crippen LogP contribution in [0.15, 0.2) is 59.7 Å². The molecule has 0 saturated heterocycles. The molecule has 4 aromatic rings. The van der Waals surface area contributed by atoms with Crippen molar-refractivity contribution in [3.8, 4) is 28.9 Å². The second kappa shape index (κ2) is 7.77. The molecule has 1 amide bonds. The number of nitrogens with one attached hydrogen (secondary N) is 1. The predicted molar refractivity (Wildman–Crippen MR) is 104 cm³/mol. The Morgan fingerprint density at radius 2 is 1.90 bits per heavy atom. The van der Waals surface area contributed by atoms with Gasteiger partial charge in [0.05, 0.1) is 29.5 Å². The van der Waals surface area contributed by atoms with Crippen molar-refractivity contribution in [3.63, 3.8) is 0 Å². The molecule has 4 rings (SSSR count). The lowest BCUT2D eigenvalue weighted by atomic mass is 10.1. The maximum atomic E-state index is 12.4. The summed E-state index contributed by atoms with van der Waals surface area (Å²) in [5, 5.41) is 12.7. The fraction of sp³-hybridized carbons (Fsp3) is 0.150. The lowest BCUT2D eigenvalue weighted by molar-refractivity contribution is -0.113. The van der Waals surface area contributed by atoms with Gasteiger partial charge in [-0.1, -0.05) is 11.8 Å². The third-order valence-electron chi connectivity index (χ3n) is 4.12. The Balaban J connectivity index is 1.61. The molecule has 0 aliphatic heterocycles. The van der Waals surface area contributed by atoms with Crippen LogP contribution in [0.2, 0.25) is 0 Å². The third kappa shape index (κ3) is 3.70. The summed E-state index contributed by atoms with van der Waals surface area (Å²) in [7, 11) is 0. The second-order valence-corrected chi connectivity index (χ2v) is 6.96. The van der Waals surface area contributed by atoms with E-state index in [4.69, 9.17) is 17.7 Å². The van der Waals surface area contributed by atoms with Crippen LogP contribution in [0.3, 0.4) is 0 Å². The topological polar surface area (TPSA) is 118 Å². The minimum Gasteiger partial charge on any atom is -0.464 e. The average molecular weight is 409 g/mol. The van der Waals surface area contributed by atoms with Gasteiger partial charge in [0, 0.05) is 0 Å². The summed E-state index contributed by atoms with van der Waals surface area (Å²) < 4.78 is 22.1. The standard InChI is InChI=1S/C20H15N3O5S/c1-11-12(2)27-20(22-11)29-10-16(24)23-19-13(9-21)17(14-5-3-7-25-14)18(28-19)15-6-4-8-26-15/h3-8H,10H2,1-2H3,(H,23,24). The fourth-order valence-electron chi connectivity index (χ4n) is 2.66. The number of hydrogen-bond donors (Lipinski definition) is 1. The summed E-state index contributed by atoms with van der Waals surface area (Å²) >= 11 is 1.15. The highest BCUT2D eigenvalue weighted by molar-refractivity contribution is 7.99. The zero-order valence-electron chi connectivity index (χ0n) is 15.5. The van der Waals surface area contributed by atoms with Gasteiger partial charge >= 0.3 is 0 Å². The number of furan rings is 3. The van der Waals surface area contributed by atoms with Crippen LogP contribution >= 0.6 is 11.8 Å². The summed E-state index contributed by atoms with van der Waals surface area (Å²) in [5.41, 5.74) is 1.33. The molecule has 0 spiro atoms. The van der Waals surface area contributed by atoms with Crippen LogP contribution in [-0.2, 0) is 4.79 Å². The second-order valence-electron chi connectivity index (χ2n) is 6.03. The van der Waals surface area contributed by atoms with Crippen molar-refractivity contribution >= 4 is 23.6 Å². The molecule has 0 fully saturated rings. The number of hydrogen-bond acceptors (Lipinski definition) is 8. The number of aromatic nitrogens is 1. The Morgan fingerprint density at radius 3 is 2.48 bits per heavy atom. The van der Waals surface area contributed by atoms with Gasteiger partial charge in [0.25, 0.3) is 5.22 Å². The smallest absolute Gasteiger partial charge is 0.256 e. The van der Waals surface area contributed by atoms with E-state index in [1.807, 2.05) is 6.92 Å². The van der Waals surface area contributed by atoms with Crippen molar-refractivity contribution in [2.45, 2.75) is 19.1 Å². The molecule has 8 nitrogen and oxygen atoms in total. The molecule has 1 N–H and O–H groups in total. The van der Waals surface area contributed by atoms with Gasteiger partial charge < -0.3 is 17.7 Å². The maximum Gasteiger partial charge on any atom is 0.256 e. The molecule has 0 unspecified atom stereocenters. The van der Waals surface area contributed by atoms with Crippen LogP contribution in [0, 0.1) is 25.2 Å². The molecular weight excluding hydrogens is 394 g/mol. The molecule has 0 aromatic carbocycles. The molecule has 0 aliphatic carbocycles. The minimum atomic E-state index is -0.370. The van der Waals surface area contributed by atoms with Crippen molar-refractivity contribution in [1.29, 1.82) is 5.26 Å². The lowest BCUT2D eigenvalue weighted by Gasteiger charge is -2.01. The number of aryl methyl sites for hydroxylation is 2. The number of carbonyl (C=O) groups is 1. The number of carbonyl (C=O) groups excluding carboxylic acids is 1. The van der Waals surface area contributed by atoms with Gasteiger partial charge in [-0.3, -0.25) is 10.1 Å². The van der Waals surface area contributed by atoms with Gasteiger partial charge in [-0.05, 0) is 38.1 Å². The lowest BCUT2D eigenvalue weighted by Crippen LogP contribution is -2.14. The van der Waals surface area contributed by atoms with Gasteiger partial charge in [-0.2, -0.15) is 5.26 Å². The molecule has 4 heterocycles. The van der Waals surface area contributed by atoms with E-state index >= 15 is 0 Å². The summed E-state index contributed by atoms with van der Waals surface area (Å²) in [6, 6.07) is 8.87. The van der Waals surface area contributed by atoms with Crippen molar-refractivity contribution in [3.05, 3.63) is 53.8 Å². The fourth-order valence-corrected chi connectivity index (χ4v) is 3.37. The number of rotatable bonds is 6. The van der Waals surface area contributed by atoms with Crippen molar-refractivity contribution in [1.82, 2.24) is 4.98 Å². The molecule has 0 aliphatic rings. The molecule has 0 radical (unpaired) electrons. The van der Waals surface area contributed by atoms with Crippen LogP contribution in [0.25, 0.3) is 22.8 Å². The summed E-state index contributed by atoms with van der Waals surface area (Å²) in [5.74, 6) is 1.53. The van der Waals surface area contributed by atoms with E-state index in [2.05, 4.69) is 16.4 Å². The first-order valence-corrected chi connectivity index (χ1v) is 9.56. The summed E-state index contributed by atoms with van der Waals surface area (Å²) in [4.78, 5) is 16.6. The van der Waals surface area contributed by atoms with Gasteiger partial charge in [0.15, 0.2) is 11.5 Å². The van der Waals surface area contributed by atoms with Crippen LogP contribution < -0.4 is 5.32 Å². The highest BCUT2D eigenvalue weighted by atomic mass is 32.2. The molecular formula is C20H15N3O5S. The molecule has 0 atom stereocenters. The van der Waals surface area contributed by atoms with Gasteiger partial charge in [0.2, 0.25) is 11.8 Å². The summed E-state index contributed by atoms with van der Waals surface area (Å²) in [6.45, 7) is 3.64. The Labute approximate surface area is 169 Å². The third-order valence-corrected chi connectivity index (χ3v) is 4.95. The minimum absolute atomic E-state index is 0.0238. The van der Waals surface area contributed by atoms with Crippen LogP contribution in [-0.4, -0.2) is 16.6 Å². The van der Waals surface area contributed by atoms with Crippen molar-refractivity contribution in [2.75, 3.05) is 11.1 Å². The van der Waals surface area contributed by atoms with Crippen molar-refractivity contribution < 1.29 is 22.5 Å². The highest BCUT2D eigenvalue weighted by Gasteiger charge is 2.27. The zero-order chi connectivity index (χ0) is 20.4. The van der Waals surface area contributed by atoms with E-state index < -0.39 is 0 Å². The first-order chi connectivity index (χ1) is 14.1. The molecule has 4 aromatic heterocycles. The number of nitrogens with zero attached hydrogens (tertiary/aromatic N) is 2. The number of oxazole rings is 1. The predicted octanol–water partition coefficient (Wildman–Crippen LogP) is 5.01. The Kier molecular flexibility index (Phi) is 5.01. The van der Waals surface area contributed by atoms with E-state index in [1.165, 1.54) is 12.5 Å². The molecule has 9 heteroatoms. The van der Waals surface area contributed by atoms with Crippen molar-refractivity contribution in [2.24, 2.45) is 0 Å². The van der Waals surface area contributed by atoms with E-state index in [0.29, 0.717) is 33.8 Å². The number of amides is 1. The summed E-state index contributed by atoms with van der Waals surface area (Å²) in [6.07, 6.45) is 2.98. The van der Waals surface area contributed by atoms with Crippen LogP contribution in [0.1, 0.15) is 17.0 Å². The van der Waals surface area contributed by atoms with E-state index in [0.717, 1.165) is 17.5 Å². The first kappa shape index (κ1) is 18.7. The van der Waals surface area contributed by atoms with E-state index in [-0.39, 0.29) is 23.1 Å². The average Bonchev–Trinajstić information content (AvgIpc) is 3.48. The van der Waals surface area contributed by atoms with E-state index in [1.54, 1.807) is 31.2 Å².